The Morgan fingerprint density at radius 3 is 0.787 bits per heavy atom. The Kier molecular flexibility index (Phi) is 73.3. The highest BCUT2D eigenvalue weighted by Gasteiger charge is 2.30. The van der Waals surface area contributed by atoms with E-state index < -0.39 is 97.5 Å². The van der Waals surface area contributed by atoms with E-state index in [2.05, 4.69) is 216 Å². The molecule has 0 aromatic rings. The van der Waals surface area contributed by atoms with Crippen LogP contribution in [0.3, 0.4) is 0 Å². The van der Waals surface area contributed by atoms with Gasteiger partial charge in [-0.15, -0.1) is 0 Å². The van der Waals surface area contributed by atoms with Gasteiger partial charge in [0.1, 0.15) is 19.3 Å². The summed E-state index contributed by atoms with van der Waals surface area (Å²) in [5.41, 5.74) is 0. The molecule has 17 nitrogen and oxygen atoms in total. The number of aliphatic hydroxyl groups excluding tert-OH is 1. The molecule has 0 aromatic heterocycles. The lowest BCUT2D eigenvalue weighted by Crippen LogP contribution is -2.30. The van der Waals surface area contributed by atoms with E-state index in [9.17, 15) is 43.2 Å². The van der Waals surface area contributed by atoms with Crippen LogP contribution in [-0.2, 0) is 65.4 Å². The number of esters is 4. The van der Waals surface area contributed by atoms with Gasteiger partial charge in [-0.1, -0.05) is 278 Å². The average molecular weight is 1540 g/mol. The normalized spacial score (nSPS) is 15.1. The minimum atomic E-state index is -5.03. The monoisotopic (exact) mass is 1540 g/mol. The van der Waals surface area contributed by atoms with Crippen LogP contribution in [0.1, 0.15) is 246 Å². The molecule has 0 heterocycles. The molecule has 604 valence electrons. The summed E-state index contributed by atoms with van der Waals surface area (Å²) >= 11 is 0. The van der Waals surface area contributed by atoms with E-state index in [1.165, 1.54) is 0 Å². The molecule has 0 aliphatic heterocycles. The quantitative estimate of drug-likeness (QED) is 0.0169. The largest absolute Gasteiger partial charge is 0.472 e. The van der Waals surface area contributed by atoms with Crippen molar-refractivity contribution in [1.29, 1.82) is 0 Å². The molecule has 0 aliphatic rings. The molecule has 0 saturated carbocycles. The van der Waals surface area contributed by atoms with E-state index in [4.69, 9.17) is 37.0 Å². The fraction of sp³-hybridized carbons (Fsp3) is 0.528. The van der Waals surface area contributed by atoms with Crippen molar-refractivity contribution in [3.8, 4) is 0 Å². The molecule has 0 saturated heterocycles. The maximum atomic E-state index is 13.1. The minimum absolute atomic E-state index is 0.0118. The van der Waals surface area contributed by atoms with E-state index in [-0.39, 0.29) is 25.7 Å². The SMILES string of the molecule is CC/C=C\C/C=C\C/C=C\C/C=C\C/C=C\C/C=C\CCC(=O)OCC(COP(=O)(O)OCC(O)COP(=O)(O)OCC(COC(=O)CCC/C=C\C/C=C\C/C=C\C/C=C\C/C=C\CC)OC(=O)CCCCCCC/C=C\C/C=C\C/C=C\CC)OC(=O)CCC/C=C\C/C=C\C/C=C\C/C=C\C/C=C\CC. The van der Waals surface area contributed by atoms with Gasteiger partial charge in [-0.05, 0) is 173 Å². The summed E-state index contributed by atoms with van der Waals surface area (Å²) < 4.78 is 68.4. The third-order valence-corrected chi connectivity index (χ3v) is 17.0. The number of carbonyl (C=O) groups excluding carboxylic acids is 4. The molecule has 0 amide bonds. The zero-order valence-electron chi connectivity index (χ0n) is 65.9. The van der Waals surface area contributed by atoms with Gasteiger partial charge in [-0.3, -0.25) is 37.3 Å². The summed E-state index contributed by atoms with van der Waals surface area (Å²) in [7, 11) is -10.0. The van der Waals surface area contributed by atoms with Crippen LogP contribution in [0.25, 0.3) is 0 Å². The van der Waals surface area contributed by atoms with Crippen molar-refractivity contribution in [2.45, 2.75) is 264 Å². The van der Waals surface area contributed by atoms with Gasteiger partial charge in [0.05, 0.1) is 26.4 Å². The smallest absolute Gasteiger partial charge is 0.462 e. The van der Waals surface area contributed by atoms with Crippen molar-refractivity contribution in [2.75, 3.05) is 39.6 Å². The van der Waals surface area contributed by atoms with Crippen molar-refractivity contribution in [2.24, 2.45) is 0 Å². The lowest BCUT2D eigenvalue weighted by molar-refractivity contribution is -0.161. The molecule has 5 unspecified atom stereocenters. The number of phosphoric ester groups is 2. The number of hydrogen-bond acceptors (Lipinski definition) is 15. The molecular formula is C89H136O17P2. The molecule has 3 N–H and O–H groups in total. The number of hydrogen-bond donors (Lipinski definition) is 3. The third kappa shape index (κ3) is 77.3. The minimum Gasteiger partial charge on any atom is -0.462 e. The zero-order chi connectivity index (χ0) is 78.9. The van der Waals surface area contributed by atoms with Crippen molar-refractivity contribution in [1.82, 2.24) is 0 Å². The first-order valence-corrected chi connectivity index (χ1v) is 42.6. The van der Waals surface area contributed by atoms with Gasteiger partial charge < -0.3 is 33.8 Å². The van der Waals surface area contributed by atoms with Crippen molar-refractivity contribution in [3.05, 3.63) is 231 Å². The molecule has 19 heteroatoms. The zero-order valence-corrected chi connectivity index (χ0v) is 67.7. The number of carbonyl (C=O) groups is 4. The predicted molar refractivity (Wildman–Crippen MR) is 444 cm³/mol. The third-order valence-electron chi connectivity index (χ3n) is 15.1. The van der Waals surface area contributed by atoms with Crippen LogP contribution in [0.2, 0.25) is 0 Å². The van der Waals surface area contributed by atoms with E-state index in [0.717, 1.165) is 148 Å². The van der Waals surface area contributed by atoms with Crippen LogP contribution >= 0.6 is 15.6 Å². The van der Waals surface area contributed by atoms with Gasteiger partial charge >= 0.3 is 39.5 Å². The molecular weight excluding hydrogens is 1400 g/mol. The highest BCUT2D eigenvalue weighted by atomic mass is 31.2. The predicted octanol–water partition coefficient (Wildman–Crippen LogP) is 23.4. The Hall–Kier alpha value is -6.88. The Balaban J connectivity index is 5.59. The van der Waals surface area contributed by atoms with Crippen molar-refractivity contribution >= 4 is 39.5 Å². The summed E-state index contributed by atoms with van der Waals surface area (Å²) in [6.07, 6.45) is 101. The maximum Gasteiger partial charge on any atom is 0.472 e. The Morgan fingerprint density at radius 1 is 0.259 bits per heavy atom. The highest BCUT2D eigenvalue weighted by molar-refractivity contribution is 7.47. The lowest BCUT2D eigenvalue weighted by atomic mass is 10.1. The number of unbranched alkanes of at least 4 members (excludes halogenated alkanes) is 7. The van der Waals surface area contributed by atoms with Gasteiger partial charge in [0, 0.05) is 25.7 Å². The summed E-state index contributed by atoms with van der Waals surface area (Å²) in [6.45, 7) is 4.13. The molecule has 0 aliphatic carbocycles. The molecule has 0 aromatic carbocycles. The molecule has 0 spiro atoms. The Bertz CT molecular complexity index is 2960. The van der Waals surface area contributed by atoms with Gasteiger partial charge in [0.2, 0.25) is 0 Å². The topological polar surface area (TPSA) is 237 Å². The fourth-order valence-electron chi connectivity index (χ4n) is 9.27. The van der Waals surface area contributed by atoms with Crippen LogP contribution in [-0.4, -0.2) is 96.7 Å². The number of phosphoric acid groups is 2. The second kappa shape index (κ2) is 78.2. The van der Waals surface area contributed by atoms with Crippen LogP contribution in [0.15, 0.2) is 231 Å². The number of allylic oxidation sites excluding steroid dienone is 38. The lowest BCUT2D eigenvalue weighted by Gasteiger charge is -2.21. The fourth-order valence-corrected chi connectivity index (χ4v) is 10.8. The van der Waals surface area contributed by atoms with Crippen LogP contribution in [0, 0.1) is 0 Å². The molecule has 0 rings (SSSR count). The first-order chi connectivity index (χ1) is 52.7. The van der Waals surface area contributed by atoms with E-state index >= 15 is 0 Å². The second-order valence-corrected chi connectivity index (χ2v) is 28.0. The van der Waals surface area contributed by atoms with Crippen LogP contribution in [0.5, 0.6) is 0 Å². The van der Waals surface area contributed by atoms with Gasteiger partial charge in [0.15, 0.2) is 12.2 Å². The first-order valence-electron chi connectivity index (χ1n) is 39.6. The van der Waals surface area contributed by atoms with Gasteiger partial charge in [-0.25, -0.2) is 9.13 Å². The van der Waals surface area contributed by atoms with Crippen molar-refractivity contribution in [3.63, 3.8) is 0 Å². The number of rotatable bonds is 71. The molecule has 0 fully saturated rings. The summed E-state index contributed by atoms with van der Waals surface area (Å²) in [4.78, 5) is 73.0. The summed E-state index contributed by atoms with van der Waals surface area (Å²) in [6, 6.07) is 0. The van der Waals surface area contributed by atoms with Crippen molar-refractivity contribution < 1.29 is 80.2 Å². The van der Waals surface area contributed by atoms with Gasteiger partial charge in [-0.2, -0.15) is 0 Å². The number of aliphatic hydroxyl groups is 1. The second-order valence-electron chi connectivity index (χ2n) is 25.1. The molecule has 5 atom stereocenters. The summed E-state index contributed by atoms with van der Waals surface area (Å²) in [5.74, 6) is -2.46. The molecule has 0 bridgehead atoms. The Labute approximate surface area is 651 Å². The average Bonchev–Trinajstić information content (AvgIpc) is 0.906. The maximum absolute atomic E-state index is 13.1. The van der Waals surface area contributed by atoms with E-state index in [0.29, 0.717) is 44.9 Å². The van der Waals surface area contributed by atoms with Crippen LogP contribution in [0.4, 0.5) is 0 Å². The van der Waals surface area contributed by atoms with E-state index in [1.54, 1.807) is 0 Å². The van der Waals surface area contributed by atoms with Gasteiger partial charge in [0.25, 0.3) is 0 Å². The molecule has 0 radical (unpaired) electrons. The van der Waals surface area contributed by atoms with E-state index in [1.807, 2.05) is 42.5 Å². The number of ether oxygens (including phenoxy) is 4. The highest BCUT2D eigenvalue weighted by Crippen LogP contribution is 2.45. The standard InChI is InChI=1S/C89H136O17P2/c1-5-9-13-17-21-25-29-33-37-40-41-44-47-50-54-58-62-66-70-74-87(92)100-80-85(106-89(94)76-72-68-64-60-56-52-48-43-39-35-31-27-23-19-15-11-7-3)82-104-108(97,98)102-78-83(90)77-101-107(95,96)103-81-84(105-88(93)75-71-67-63-59-55-51-45-36-32-28-24-20-16-12-8-4)79-99-86(91)73-69-65-61-57-53-49-46-42-38-34-30-26-22-18-14-10-6-2/h9-16,21-28,33-39,41,44-46,48-50,52,54,57,60-62,64,66,83-85,90H,5-8,17-20,29-32,40,42-43,47,51,53,55-56,58-59,63,65,67-82H2,1-4H3,(H,95,96)(H,97,98)/b13-9-,14-10-,15-11-,16-12-,25-21-,26-22-,27-23-,28-24-,37-33-,38-34-,39-35-,44-41-,45-36-,49-46-,52-48-,54-50-,61-57-,64-60-,66-62-. The first kappa shape index (κ1) is 101. The molecule has 108 heavy (non-hydrogen) atoms. The Morgan fingerprint density at radius 2 is 0.481 bits per heavy atom. The summed E-state index contributed by atoms with van der Waals surface area (Å²) in [5, 5.41) is 10.6. The van der Waals surface area contributed by atoms with Crippen LogP contribution < -0.4 is 0 Å².